The van der Waals surface area contributed by atoms with Crippen LogP contribution >= 0.6 is 0 Å². The summed E-state index contributed by atoms with van der Waals surface area (Å²) >= 11 is 0. The minimum atomic E-state index is -1.19. The standard InChI is InChI=1S/C14H24N2O5/c1-9(2)8-21-7-5-6-15-14(20)16-12(17)10(3)11(4)13(18)19/h9H,5-8H2,1-4H3,(H,18,19)(H2,15,16,17,20). The number of urea groups is 1. The Morgan fingerprint density at radius 2 is 1.76 bits per heavy atom. The van der Waals surface area contributed by atoms with Gasteiger partial charge in [0.2, 0.25) is 0 Å². The van der Waals surface area contributed by atoms with Crippen LogP contribution in [0.3, 0.4) is 0 Å². The Hall–Kier alpha value is -1.89. The zero-order valence-electron chi connectivity index (χ0n) is 13.0. The number of ether oxygens (including phenoxy) is 1. The Morgan fingerprint density at radius 1 is 1.14 bits per heavy atom. The zero-order valence-corrected chi connectivity index (χ0v) is 13.0. The van der Waals surface area contributed by atoms with Crippen molar-refractivity contribution >= 4 is 17.9 Å². The van der Waals surface area contributed by atoms with Gasteiger partial charge in [-0.05, 0) is 26.2 Å². The summed E-state index contributed by atoms with van der Waals surface area (Å²) in [6.07, 6.45) is 0.636. The van der Waals surface area contributed by atoms with E-state index in [1.54, 1.807) is 0 Å². The van der Waals surface area contributed by atoms with E-state index in [-0.39, 0.29) is 11.1 Å². The number of rotatable bonds is 8. The molecule has 0 spiro atoms. The topological polar surface area (TPSA) is 105 Å². The summed E-state index contributed by atoms with van der Waals surface area (Å²) in [7, 11) is 0. The molecule has 0 radical (unpaired) electrons. The molecule has 0 aromatic rings. The third-order valence-corrected chi connectivity index (χ3v) is 2.65. The van der Waals surface area contributed by atoms with Crippen molar-refractivity contribution in [1.29, 1.82) is 0 Å². The number of nitrogens with one attached hydrogen (secondary N) is 2. The Labute approximate surface area is 124 Å². The van der Waals surface area contributed by atoms with E-state index in [4.69, 9.17) is 9.84 Å². The number of carbonyl (C=O) groups excluding carboxylic acids is 2. The Balaban J connectivity index is 3.97. The predicted octanol–water partition coefficient (Wildman–Crippen LogP) is 1.30. The molecule has 0 aliphatic rings. The molecule has 0 aromatic heterocycles. The number of hydrogen-bond donors (Lipinski definition) is 3. The quantitative estimate of drug-likeness (QED) is 0.463. The Morgan fingerprint density at radius 3 is 2.29 bits per heavy atom. The highest BCUT2D eigenvalue weighted by Crippen LogP contribution is 2.03. The second-order valence-electron chi connectivity index (χ2n) is 5.09. The lowest BCUT2D eigenvalue weighted by Crippen LogP contribution is -2.40. The molecule has 7 heteroatoms. The van der Waals surface area contributed by atoms with E-state index in [9.17, 15) is 14.4 Å². The number of aliphatic carboxylic acids is 1. The van der Waals surface area contributed by atoms with Crippen LogP contribution in [0.25, 0.3) is 0 Å². The molecule has 0 bridgehead atoms. The van der Waals surface area contributed by atoms with E-state index in [0.717, 1.165) is 0 Å². The van der Waals surface area contributed by atoms with Gasteiger partial charge in [0, 0.05) is 30.9 Å². The third kappa shape index (κ3) is 8.80. The molecule has 0 saturated heterocycles. The maximum Gasteiger partial charge on any atom is 0.331 e. The highest BCUT2D eigenvalue weighted by atomic mass is 16.5. The lowest BCUT2D eigenvalue weighted by Gasteiger charge is -2.09. The van der Waals surface area contributed by atoms with Gasteiger partial charge in [0.05, 0.1) is 0 Å². The second-order valence-corrected chi connectivity index (χ2v) is 5.09. The molecule has 0 atom stereocenters. The van der Waals surface area contributed by atoms with Crippen molar-refractivity contribution < 1.29 is 24.2 Å². The van der Waals surface area contributed by atoms with Gasteiger partial charge >= 0.3 is 12.0 Å². The molecule has 0 aromatic carbocycles. The maximum atomic E-state index is 11.6. The van der Waals surface area contributed by atoms with E-state index in [1.807, 2.05) is 13.8 Å². The molecule has 0 aliphatic carbocycles. The van der Waals surface area contributed by atoms with Gasteiger partial charge < -0.3 is 15.2 Å². The molecule has 0 rings (SSSR count). The van der Waals surface area contributed by atoms with Gasteiger partial charge in [-0.1, -0.05) is 13.8 Å². The molecule has 7 nitrogen and oxygen atoms in total. The van der Waals surface area contributed by atoms with E-state index in [0.29, 0.717) is 32.1 Å². The zero-order chi connectivity index (χ0) is 16.4. The molecule has 0 saturated carbocycles. The summed E-state index contributed by atoms with van der Waals surface area (Å²) in [5.41, 5.74) is -0.0969. The smallest absolute Gasteiger partial charge is 0.331 e. The van der Waals surface area contributed by atoms with E-state index in [2.05, 4.69) is 10.6 Å². The molecule has 0 unspecified atom stereocenters. The molecule has 120 valence electrons. The molecule has 0 heterocycles. The van der Waals surface area contributed by atoms with Gasteiger partial charge in [0.1, 0.15) is 0 Å². The Bertz CT molecular complexity index is 416. The van der Waals surface area contributed by atoms with Crippen molar-refractivity contribution in [3.8, 4) is 0 Å². The Kier molecular flexibility index (Phi) is 9.03. The number of hydrogen-bond acceptors (Lipinski definition) is 4. The largest absolute Gasteiger partial charge is 0.478 e. The first-order valence-electron chi connectivity index (χ1n) is 6.83. The fourth-order valence-electron chi connectivity index (χ4n) is 1.27. The summed E-state index contributed by atoms with van der Waals surface area (Å²) in [4.78, 5) is 33.7. The van der Waals surface area contributed by atoms with Crippen molar-refractivity contribution in [1.82, 2.24) is 10.6 Å². The van der Waals surface area contributed by atoms with Gasteiger partial charge in [-0.25, -0.2) is 9.59 Å². The molecular weight excluding hydrogens is 276 g/mol. The van der Waals surface area contributed by atoms with Crippen LogP contribution in [-0.4, -0.2) is 42.8 Å². The summed E-state index contributed by atoms with van der Waals surface area (Å²) in [5.74, 6) is -1.44. The first-order valence-corrected chi connectivity index (χ1v) is 6.83. The lowest BCUT2D eigenvalue weighted by molar-refractivity contribution is -0.133. The van der Waals surface area contributed by atoms with Gasteiger partial charge in [0.15, 0.2) is 0 Å². The monoisotopic (exact) mass is 300 g/mol. The van der Waals surface area contributed by atoms with E-state index in [1.165, 1.54) is 13.8 Å². The summed E-state index contributed by atoms with van der Waals surface area (Å²) in [5, 5.41) is 13.3. The average molecular weight is 300 g/mol. The number of imide groups is 1. The second kappa shape index (κ2) is 9.93. The van der Waals surface area contributed by atoms with Crippen LogP contribution in [0.15, 0.2) is 11.1 Å². The average Bonchev–Trinajstić information content (AvgIpc) is 2.40. The van der Waals surface area contributed by atoms with Crippen molar-refractivity contribution in [2.75, 3.05) is 19.8 Å². The van der Waals surface area contributed by atoms with Crippen LogP contribution in [0.5, 0.6) is 0 Å². The van der Waals surface area contributed by atoms with Crippen LogP contribution < -0.4 is 10.6 Å². The first kappa shape index (κ1) is 19.1. The highest BCUT2D eigenvalue weighted by Gasteiger charge is 2.14. The van der Waals surface area contributed by atoms with Crippen LogP contribution in [0.1, 0.15) is 34.1 Å². The van der Waals surface area contributed by atoms with Crippen molar-refractivity contribution in [3.05, 3.63) is 11.1 Å². The minimum absolute atomic E-state index is 0.00193. The minimum Gasteiger partial charge on any atom is -0.478 e. The van der Waals surface area contributed by atoms with Crippen LogP contribution in [0, 0.1) is 5.92 Å². The predicted molar refractivity (Wildman–Crippen MR) is 77.8 cm³/mol. The van der Waals surface area contributed by atoms with Crippen molar-refractivity contribution in [2.24, 2.45) is 5.92 Å². The molecule has 3 N–H and O–H groups in total. The highest BCUT2D eigenvalue weighted by molar-refractivity contribution is 6.07. The number of carbonyl (C=O) groups is 3. The molecule has 0 aliphatic heterocycles. The summed E-state index contributed by atoms with van der Waals surface area (Å²) in [6.45, 7) is 8.33. The van der Waals surface area contributed by atoms with Gasteiger partial charge in [-0.3, -0.25) is 10.1 Å². The van der Waals surface area contributed by atoms with E-state index >= 15 is 0 Å². The number of carboxylic acid groups (broad SMARTS) is 1. The van der Waals surface area contributed by atoms with Crippen LogP contribution in [0.2, 0.25) is 0 Å². The number of carboxylic acids is 1. The van der Waals surface area contributed by atoms with Crippen LogP contribution in [0.4, 0.5) is 4.79 Å². The van der Waals surface area contributed by atoms with Crippen molar-refractivity contribution in [2.45, 2.75) is 34.1 Å². The molecule has 21 heavy (non-hydrogen) atoms. The fraction of sp³-hybridized carbons (Fsp3) is 0.643. The summed E-state index contributed by atoms with van der Waals surface area (Å²) in [6, 6.07) is -0.651. The first-order chi connectivity index (χ1) is 9.75. The normalized spacial score (nSPS) is 11.9. The molecule has 3 amide bonds. The van der Waals surface area contributed by atoms with Gasteiger partial charge in [-0.15, -0.1) is 0 Å². The fourth-order valence-corrected chi connectivity index (χ4v) is 1.27. The van der Waals surface area contributed by atoms with Gasteiger partial charge in [-0.2, -0.15) is 0 Å². The third-order valence-electron chi connectivity index (χ3n) is 2.65. The van der Waals surface area contributed by atoms with Crippen molar-refractivity contribution in [3.63, 3.8) is 0 Å². The lowest BCUT2D eigenvalue weighted by atomic mass is 10.1. The van der Waals surface area contributed by atoms with Gasteiger partial charge in [0.25, 0.3) is 5.91 Å². The maximum absolute atomic E-state index is 11.6. The van der Waals surface area contributed by atoms with E-state index < -0.39 is 17.9 Å². The molecule has 0 fully saturated rings. The SMILES string of the molecule is CC(C(=O)O)=C(C)C(=O)NC(=O)NCCCOCC(C)C. The van der Waals surface area contributed by atoms with Crippen LogP contribution in [-0.2, 0) is 14.3 Å². The summed E-state index contributed by atoms with van der Waals surface area (Å²) < 4.78 is 5.34. The number of amides is 3. The molecular formula is C14H24N2O5.